The van der Waals surface area contributed by atoms with Crippen LogP contribution in [-0.2, 0) is 29.7 Å². The number of hydrogen-bond donors (Lipinski definition) is 2. The molecule has 0 saturated carbocycles. The highest BCUT2D eigenvalue weighted by molar-refractivity contribution is 5.77. The topological polar surface area (TPSA) is 68.2 Å². The van der Waals surface area contributed by atoms with Crippen molar-refractivity contribution in [2.24, 2.45) is 7.05 Å². The number of methoxy groups -OCH3 is 1. The molecule has 6 nitrogen and oxygen atoms in total. The largest absolute Gasteiger partial charge is 0.380 e. The second kappa shape index (κ2) is 7.59. The summed E-state index contributed by atoms with van der Waals surface area (Å²) in [4.78, 5) is 11.8. The standard InChI is InChI=1S/C18H24N4O2/c1-22-16(8-9-20-22)18-15(6-7-17(23)21-18)19-11-13-4-3-5-14(10-13)12-24-2/h3-5,8-10,15,18-19H,6-7,11-12H2,1-2H3,(H,21,23)/t15-,18-/m1/s1. The molecule has 0 aliphatic carbocycles. The van der Waals surface area contributed by atoms with E-state index in [0.717, 1.165) is 24.2 Å². The third kappa shape index (κ3) is 3.83. The quantitative estimate of drug-likeness (QED) is 0.846. The predicted molar refractivity (Wildman–Crippen MR) is 91.1 cm³/mol. The van der Waals surface area contributed by atoms with Gasteiger partial charge >= 0.3 is 0 Å². The molecule has 128 valence electrons. The van der Waals surface area contributed by atoms with Gasteiger partial charge in [-0.2, -0.15) is 5.10 Å². The number of carbonyl (C=O) groups is 1. The summed E-state index contributed by atoms with van der Waals surface area (Å²) in [6, 6.07) is 10.5. The molecule has 2 N–H and O–H groups in total. The molecule has 3 rings (SSSR count). The first-order valence-corrected chi connectivity index (χ1v) is 8.25. The van der Waals surface area contributed by atoms with Crippen LogP contribution in [0.15, 0.2) is 36.5 Å². The average Bonchev–Trinajstić information content (AvgIpc) is 3.00. The highest BCUT2D eigenvalue weighted by atomic mass is 16.5. The first-order valence-electron chi connectivity index (χ1n) is 8.25. The van der Waals surface area contributed by atoms with Gasteiger partial charge in [0, 0.05) is 39.4 Å². The summed E-state index contributed by atoms with van der Waals surface area (Å²) in [6.45, 7) is 1.37. The zero-order valence-corrected chi connectivity index (χ0v) is 14.2. The average molecular weight is 328 g/mol. The van der Waals surface area contributed by atoms with Crippen molar-refractivity contribution in [3.8, 4) is 0 Å². The van der Waals surface area contributed by atoms with Gasteiger partial charge in [0.25, 0.3) is 0 Å². The monoisotopic (exact) mass is 328 g/mol. The molecule has 2 aromatic rings. The summed E-state index contributed by atoms with van der Waals surface area (Å²) in [5.41, 5.74) is 3.40. The van der Waals surface area contributed by atoms with Gasteiger partial charge in [0.15, 0.2) is 0 Å². The van der Waals surface area contributed by atoms with Crippen LogP contribution in [0.2, 0.25) is 0 Å². The number of benzene rings is 1. The normalized spacial score (nSPS) is 20.8. The number of aromatic nitrogens is 2. The minimum Gasteiger partial charge on any atom is -0.380 e. The lowest BCUT2D eigenvalue weighted by atomic mass is 9.95. The molecule has 1 aromatic carbocycles. The molecule has 1 saturated heterocycles. The van der Waals surface area contributed by atoms with E-state index in [-0.39, 0.29) is 18.0 Å². The van der Waals surface area contributed by atoms with Gasteiger partial charge in [0.05, 0.1) is 18.3 Å². The number of carbonyl (C=O) groups excluding carboxylic acids is 1. The van der Waals surface area contributed by atoms with E-state index in [1.807, 2.05) is 23.9 Å². The van der Waals surface area contributed by atoms with Crippen LogP contribution in [0.3, 0.4) is 0 Å². The first kappa shape index (κ1) is 16.7. The van der Waals surface area contributed by atoms with Crippen molar-refractivity contribution < 1.29 is 9.53 Å². The van der Waals surface area contributed by atoms with E-state index in [9.17, 15) is 4.79 Å². The van der Waals surface area contributed by atoms with Gasteiger partial charge in [-0.1, -0.05) is 24.3 Å². The number of piperidine rings is 1. The number of rotatable bonds is 6. The Bertz CT molecular complexity index is 698. The molecule has 1 amide bonds. The fraction of sp³-hybridized carbons (Fsp3) is 0.444. The Morgan fingerprint density at radius 2 is 2.21 bits per heavy atom. The van der Waals surface area contributed by atoms with Gasteiger partial charge in [0.1, 0.15) is 0 Å². The number of aryl methyl sites for hydroxylation is 1. The van der Waals surface area contributed by atoms with Crippen molar-refractivity contribution in [2.45, 2.75) is 38.1 Å². The van der Waals surface area contributed by atoms with E-state index < -0.39 is 0 Å². The molecule has 1 aliphatic rings. The van der Waals surface area contributed by atoms with Gasteiger partial charge < -0.3 is 15.4 Å². The van der Waals surface area contributed by atoms with Crippen molar-refractivity contribution in [3.05, 3.63) is 53.3 Å². The minimum absolute atomic E-state index is 0.0547. The third-order valence-electron chi connectivity index (χ3n) is 4.45. The minimum atomic E-state index is -0.0547. The number of nitrogens with one attached hydrogen (secondary N) is 2. The Hall–Kier alpha value is -2.18. The summed E-state index contributed by atoms with van der Waals surface area (Å²) >= 11 is 0. The van der Waals surface area contributed by atoms with Crippen molar-refractivity contribution in [1.82, 2.24) is 20.4 Å². The van der Waals surface area contributed by atoms with E-state index in [0.29, 0.717) is 13.0 Å². The Morgan fingerprint density at radius 1 is 1.38 bits per heavy atom. The molecule has 1 fully saturated rings. The van der Waals surface area contributed by atoms with Crippen LogP contribution in [0, 0.1) is 0 Å². The zero-order valence-electron chi connectivity index (χ0n) is 14.2. The van der Waals surface area contributed by atoms with Crippen LogP contribution in [0.1, 0.15) is 35.7 Å². The van der Waals surface area contributed by atoms with Crippen molar-refractivity contribution in [1.29, 1.82) is 0 Å². The lowest BCUT2D eigenvalue weighted by Gasteiger charge is -2.33. The molecule has 2 heterocycles. The number of nitrogens with zero attached hydrogens (tertiary/aromatic N) is 2. The maximum absolute atomic E-state index is 11.8. The van der Waals surface area contributed by atoms with E-state index in [1.54, 1.807) is 13.3 Å². The van der Waals surface area contributed by atoms with Crippen LogP contribution in [-0.4, -0.2) is 28.8 Å². The number of hydrogen-bond acceptors (Lipinski definition) is 4. The van der Waals surface area contributed by atoms with Gasteiger partial charge in [-0.05, 0) is 23.6 Å². The molecule has 1 aromatic heterocycles. The first-order chi connectivity index (χ1) is 11.7. The lowest BCUT2D eigenvalue weighted by Crippen LogP contribution is -2.48. The van der Waals surface area contributed by atoms with Gasteiger partial charge in [-0.3, -0.25) is 9.48 Å². The van der Waals surface area contributed by atoms with Crippen LogP contribution >= 0.6 is 0 Å². The number of ether oxygens (including phenoxy) is 1. The molecular formula is C18H24N4O2. The van der Waals surface area contributed by atoms with Gasteiger partial charge in [0.2, 0.25) is 5.91 Å². The molecule has 24 heavy (non-hydrogen) atoms. The van der Waals surface area contributed by atoms with Gasteiger partial charge in [-0.25, -0.2) is 0 Å². The fourth-order valence-corrected chi connectivity index (χ4v) is 3.23. The van der Waals surface area contributed by atoms with E-state index in [4.69, 9.17) is 4.74 Å². The van der Waals surface area contributed by atoms with Crippen LogP contribution in [0.25, 0.3) is 0 Å². The Balaban J connectivity index is 1.69. The van der Waals surface area contributed by atoms with Crippen molar-refractivity contribution in [2.75, 3.05) is 7.11 Å². The molecule has 0 radical (unpaired) electrons. The van der Waals surface area contributed by atoms with E-state index in [2.05, 4.69) is 33.9 Å². The van der Waals surface area contributed by atoms with E-state index >= 15 is 0 Å². The Labute approximate surface area is 142 Å². The van der Waals surface area contributed by atoms with Crippen LogP contribution in [0.5, 0.6) is 0 Å². The predicted octanol–water partition coefficient (Wildman–Crippen LogP) is 1.68. The van der Waals surface area contributed by atoms with Crippen molar-refractivity contribution in [3.63, 3.8) is 0 Å². The lowest BCUT2D eigenvalue weighted by molar-refractivity contribution is -0.124. The fourth-order valence-electron chi connectivity index (χ4n) is 3.23. The molecule has 0 unspecified atom stereocenters. The highest BCUT2D eigenvalue weighted by Gasteiger charge is 2.31. The highest BCUT2D eigenvalue weighted by Crippen LogP contribution is 2.24. The Kier molecular flexibility index (Phi) is 5.27. The maximum atomic E-state index is 11.8. The SMILES string of the molecule is COCc1cccc(CN[C@@H]2CCC(=O)N[C@H]2c2ccnn2C)c1. The molecule has 0 spiro atoms. The van der Waals surface area contributed by atoms with Crippen molar-refractivity contribution >= 4 is 5.91 Å². The Morgan fingerprint density at radius 3 is 2.96 bits per heavy atom. The van der Waals surface area contributed by atoms with Crippen LogP contribution in [0.4, 0.5) is 0 Å². The summed E-state index contributed by atoms with van der Waals surface area (Å²) in [7, 11) is 3.61. The van der Waals surface area contributed by atoms with E-state index in [1.165, 1.54) is 5.56 Å². The zero-order chi connectivity index (χ0) is 16.9. The summed E-state index contributed by atoms with van der Waals surface area (Å²) in [6.07, 6.45) is 3.14. The molecular weight excluding hydrogens is 304 g/mol. The maximum Gasteiger partial charge on any atom is 0.220 e. The second-order valence-electron chi connectivity index (χ2n) is 6.20. The number of amides is 1. The second-order valence-corrected chi connectivity index (χ2v) is 6.20. The molecule has 6 heteroatoms. The van der Waals surface area contributed by atoms with Crippen LogP contribution < -0.4 is 10.6 Å². The third-order valence-corrected chi connectivity index (χ3v) is 4.45. The summed E-state index contributed by atoms with van der Waals surface area (Å²) in [5, 5.41) is 10.9. The molecule has 1 aliphatic heterocycles. The summed E-state index contributed by atoms with van der Waals surface area (Å²) < 4.78 is 7.01. The summed E-state index contributed by atoms with van der Waals surface area (Å²) in [5.74, 6) is 0.0985. The molecule has 0 bridgehead atoms. The molecule has 2 atom stereocenters. The smallest absolute Gasteiger partial charge is 0.220 e. The van der Waals surface area contributed by atoms with Gasteiger partial charge in [-0.15, -0.1) is 0 Å².